The molecule has 4 N–H and O–H groups in total. The number of benzene rings is 2. The van der Waals surface area contributed by atoms with E-state index in [1.54, 1.807) is 6.92 Å². The van der Waals surface area contributed by atoms with Gasteiger partial charge in [0.05, 0.1) is 29.3 Å². The number of hydrogen-bond acceptors (Lipinski definition) is 6. The van der Waals surface area contributed by atoms with E-state index < -0.39 is 17.4 Å². The first-order valence-corrected chi connectivity index (χ1v) is 11.7. The molecule has 4 heterocycles. The zero-order valence-electron chi connectivity index (χ0n) is 19.8. The summed E-state index contributed by atoms with van der Waals surface area (Å²) >= 11 is 0. The third kappa shape index (κ3) is 4.01. The fourth-order valence-electron chi connectivity index (χ4n) is 4.59. The van der Waals surface area contributed by atoms with Gasteiger partial charge in [-0.1, -0.05) is 6.07 Å². The van der Waals surface area contributed by atoms with E-state index >= 15 is 0 Å². The van der Waals surface area contributed by atoms with Crippen molar-refractivity contribution < 1.29 is 18.3 Å². The molecule has 0 fully saturated rings. The highest BCUT2D eigenvalue weighted by molar-refractivity contribution is 6.12. The summed E-state index contributed by atoms with van der Waals surface area (Å²) in [5.74, 6) is -2.34. The van der Waals surface area contributed by atoms with Crippen LogP contribution in [0.3, 0.4) is 0 Å². The van der Waals surface area contributed by atoms with Crippen molar-refractivity contribution in [2.24, 2.45) is 0 Å². The van der Waals surface area contributed by atoms with E-state index in [4.69, 9.17) is 10.5 Å². The van der Waals surface area contributed by atoms with E-state index in [2.05, 4.69) is 32.5 Å². The Morgan fingerprint density at radius 3 is 2.70 bits per heavy atom. The predicted molar refractivity (Wildman–Crippen MR) is 134 cm³/mol. The van der Waals surface area contributed by atoms with Crippen LogP contribution in [0.1, 0.15) is 32.7 Å². The van der Waals surface area contributed by atoms with Crippen molar-refractivity contribution in [2.75, 3.05) is 12.3 Å². The van der Waals surface area contributed by atoms with Crippen LogP contribution in [0.5, 0.6) is 11.6 Å². The molecule has 186 valence electrons. The van der Waals surface area contributed by atoms with Crippen LogP contribution in [0.15, 0.2) is 54.9 Å². The summed E-state index contributed by atoms with van der Waals surface area (Å²) in [4.78, 5) is 20.7. The number of ketones is 1. The fraction of sp³-hybridized carbons (Fsp3) is 0.148. The second-order valence-corrected chi connectivity index (χ2v) is 8.96. The van der Waals surface area contributed by atoms with Gasteiger partial charge in [0.25, 0.3) is 0 Å². The SMILES string of the molecule is Cc1cc(Oc2c(F)cccc2F)ncc1-n1ncc(C(=O)c2cc3cc4c(cc3[nH]2)CCNC4)c1N. The molecule has 0 spiro atoms. The van der Waals surface area contributed by atoms with Crippen LogP contribution in [0.2, 0.25) is 0 Å². The average Bonchev–Trinajstić information content (AvgIpc) is 3.47. The molecular formula is C27H22F2N6O2. The normalized spacial score (nSPS) is 13.1. The first kappa shape index (κ1) is 22.9. The maximum atomic E-state index is 13.9. The van der Waals surface area contributed by atoms with Crippen LogP contribution in [-0.2, 0) is 13.0 Å². The number of fused-ring (bicyclic) bond motifs is 2. The molecule has 10 heteroatoms. The van der Waals surface area contributed by atoms with Gasteiger partial charge in [0.15, 0.2) is 11.6 Å². The number of anilines is 1. The zero-order valence-corrected chi connectivity index (χ0v) is 19.8. The Kier molecular flexibility index (Phi) is 5.45. The van der Waals surface area contributed by atoms with Crippen molar-refractivity contribution in [1.29, 1.82) is 0 Å². The highest BCUT2D eigenvalue weighted by atomic mass is 19.1. The number of halogens is 2. The number of H-pyrrole nitrogens is 1. The summed E-state index contributed by atoms with van der Waals surface area (Å²) in [6, 6.07) is 11.0. The highest BCUT2D eigenvalue weighted by Crippen LogP contribution is 2.30. The second kappa shape index (κ2) is 8.82. The molecule has 37 heavy (non-hydrogen) atoms. The number of carbonyl (C=O) groups is 1. The number of nitrogens with zero attached hydrogens (tertiary/aromatic N) is 3. The quantitative estimate of drug-likeness (QED) is 0.305. The molecule has 0 unspecified atom stereocenters. The van der Waals surface area contributed by atoms with E-state index in [9.17, 15) is 13.6 Å². The third-order valence-electron chi connectivity index (χ3n) is 6.54. The van der Waals surface area contributed by atoms with Gasteiger partial charge < -0.3 is 20.8 Å². The van der Waals surface area contributed by atoms with Gasteiger partial charge in [-0.2, -0.15) is 5.10 Å². The molecule has 0 aliphatic carbocycles. The van der Waals surface area contributed by atoms with Crippen LogP contribution in [0.4, 0.5) is 14.6 Å². The number of nitrogens with one attached hydrogen (secondary N) is 2. The van der Waals surface area contributed by atoms with Crippen LogP contribution in [0, 0.1) is 18.6 Å². The van der Waals surface area contributed by atoms with E-state index in [0.29, 0.717) is 16.9 Å². The summed E-state index contributed by atoms with van der Waals surface area (Å²) in [7, 11) is 0. The summed E-state index contributed by atoms with van der Waals surface area (Å²) in [6.07, 6.45) is 3.78. The number of hydrogen-bond donors (Lipinski definition) is 3. The van der Waals surface area contributed by atoms with E-state index in [1.165, 1.54) is 40.3 Å². The van der Waals surface area contributed by atoms with Crippen molar-refractivity contribution in [3.8, 4) is 17.3 Å². The minimum Gasteiger partial charge on any atom is -0.433 e. The topological polar surface area (TPSA) is 111 Å². The lowest BCUT2D eigenvalue weighted by Gasteiger charge is -2.16. The van der Waals surface area contributed by atoms with Crippen molar-refractivity contribution in [3.63, 3.8) is 0 Å². The largest absolute Gasteiger partial charge is 0.433 e. The van der Waals surface area contributed by atoms with Crippen LogP contribution in [0.25, 0.3) is 16.6 Å². The van der Waals surface area contributed by atoms with Gasteiger partial charge in [0.2, 0.25) is 17.4 Å². The number of nitrogen functional groups attached to an aromatic ring is 1. The summed E-state index contributed by atoms with van der Waals surface area (Å²) < 4.78 is 34.6. The predicted octanol–water partition coefficient (Wildman–Crippen LogP) is 4.59. The molecule has 0 saturated heterocycles. The van der Waals surface area contributed by atoms with Crippen LogP contribution < -0.4 is 15.8 Å². The van der Waals surface area contributed by atoms with Crippen LogP contribution in [-0.4, -0.2) is 32.1 Å². The molecule has 5 aromatic rings. The molecule has 0 amide bonds. The highest BCUT2D eigenvalue weighted by Gasteiger charge is 2.22. The number of aromatic amines is 1. The molecule has 1 aliphatic rings. The number of ether oxygens (including phenoxy) is 1. The number of rotatable bonds is 5. The monoisotopic (exact) mass is 500 g/mol. The van der Waals surface area contributed by atoms with Gasteiger partial charge in [-0.3, -0.25) is 4.79 Å². The first-order chi connectivity index (χ1) is 17.9. The Hall–Kier alpha value is -4.57. The molecule has 0 atom stereocenters. The Morgan fingerprint density at radius 1 is 1.11 bits per heavy atom. The molecule has 8 nitrogen and oxygen atoms in total. The Balaban J connectivity index is 1.29. The van der Waals surface area contributed by atoms with Crippen molar-refractivity contribution >= 4 is 22.5 Å². The molecule has 0 bridgehead atoms. The molecular weight excluding hydrogens is 478 g/mol. The average molecular weight is 501 g/mol. The Bertz CT molecular complexity index is 1630. The molecule has 3 aromatic heterocycles. The summed E-state index contributed by atoms with van der Waals surface area (Å²) in [5, 5.41) is 8.62. The molecule has 0 radical (unpaired) electrons. The third-order valence-corrected chi connectivity index (χ3v) is 6.54. The van der Waals surface area contributed by atoms with Gasteiger partial charge in [-0.15, -0.1) is 0 Å². The van der Waals surface area contributed by atoms with Crippen molar-refractivity contribution in [1.82, 2.24) is 25.1 Å². The Labute approximate surface area is 210 Å². The molecule has 2 aromatic carbocycles. The number of para-hydroxylation sites is 1. The minimum absolute atomic E-state index is 0.00301. The van der Waals surface area contributed by atoms with E-state index in [-0.39, 0.29) is 23.0 Å². The van der Waals surface area contributed by atoms with Crippen molar-refractivity contribution in [3.05, 3.63) is 94.4 Å². The van der Waals surface area contributed by atoms with Gasteiger partial charge in [0.1, 0.15) is 5.82 Å². The minimum atomic E-state index is -0.836. The molecule has 6 rings (SSSR count). The molecule has 1 aliphatic heterocycles. The van der Waals surface area contributed by atoms with E-state index in [1.807, 2.05) is 6.07 Å². The maximum absolute atomic E-state index is 13.9. The number of aromatic nitrogens is 4. The number of aryl methyl sites for hydroxylation is 1. The fourth-order valence-corrected chi connectivity index (χ4v) is 4.59. The summed E-state index contributed by atoms with van der Waals surface area (Å²) in [5.41, 5.74) is 11.5. The van der Waals surface area contributed by atoms with Gasteiger partial charge >= 0.3 is 0 Å². The standard InChI is InChI=1S/C27H22F2N6O2/c1-14-7-24(37-26-19(28)3-2-4-20(26)29)32-13-23(14)35-27(30)18(12-33-35)25(36)22-10-16-8-17-11-31-6-5-15(17)9-21(16)34-22/h2-4,7-10,12-13,31,34H,5-6,11,30H2,1H3. The van der Waals surface area contributed by atoms with E-state index in [0.717, 1.165) is 42.5 Å². The number of carbonyl (C=O) groups excluding carboxylic acids is 1. The molecule has 0 saturated carbocycles. The van der Waals surface area contributed by atoms with Crippen LogP contribution >= 0.6 is 0 Å². The Morgan fingerprint density at radius 2 is 1.92 bits per heavy atom. The van der Waals surface area contributed by atoms with Gasteiger partial charge in [0, 0.05) is 23.5 Å². The van der Waals surface area contributed by atoms with Gasteiger partial charge in [-0.05, 0) is 66.9 Å². The van der Waals surface area contributed by atoms with Gasteiger partial charge in [-0.25, -0.2) is 18.4 Å². The smallest absolute Gasteiger partial charge is 0.219 e. The first-order valence-electron chi connectivity index (χ1n) is 11.7. The number of pyridine rings is 1. The zero-order chi connectivity index (χ0) is 25.7. The second-order valence-electron chi connectivity index (χ2n) is 8.96. The van der Waals surface area contributed by atoms with Crippen molar-refractivity contribution in [2.45, 2.75) is 19.9 Å². The number of nitrogens with two attached hydrogens (primary N) is 1. The lowest BCUT2D eigenvalue weighted by molar-refractivity contribution is 0.103. The summed E-state index contributed by atoms with van der Waals surface area (Å²) in [6.45, 7) is 3.49. The lowest BCUT2D eigenvalue weighted by atomic mass is 9.99. The lowest BCUT2D eigenvalue weighted by Crippen LogP contribution is -2.23. The maximum Gasteiger partial charge on any atom is 0.219 e.